The number of allylic oxidation sites excluding steroid dienone is 1. The Morgan fingerprint density at radius 2 is 2.09 bits per heavy atom. The highest BCUT2D eigenvalue weighted by atomic mass is 35.5. The molecular weight excluding hydrogens is 496 g/mol. The molecule has 1 fully saturated rings. The molecule has 1 heterocycles. The highest BCUT2D eigenvalue weighted by molar-refractivity contribution is 8.09. The van der Waals surface area contributed by atoms with Crippen molar-refractivity contribution in [1.82, 2.24) is 10.0 Å². The summed E-state index contributed by atoms with van der Waals surface area (Å²) < 4.78 is 21.3. The lowest BCUT2D eigenvalue weighted by Gasteiger charge is -2.18. The number of halogens is 1. The van der Waals surface area contributed by atoms with E-state index in [9.17, 15) is 13.8 Å². The van der Waals surface area contributed by atoms with Crippen LogP contribution in [0.25, 0.3) is 4.91 Å². The number of aliphatic imine (C=N–C) groups is 1. The minimum absolute atomic E-state index is 0.00218. The lowest BCUT2D eigenvalue weighted by Crippen LogP contribution is -2.35. The molecular formula is C23H31ClN4O4S2. The van der Waals surface area contributed by atoms with Gasteiger partial charge in [0.1, 0.15) is 29.0 Å². The molecule has 2 aliphatic rings. The number of esters is 1. The smallest absolute Gasteiger partial charge is 0.323 e. The van der Waals surface area contributed by atoms with Gasteiger partial charge in [-0.3, -0.25) is 9.59 Å². The van der Waals surface area contributed by atoms with Gasteiger partial charge in [0.15, 0.2) is 0 Å². The molecule has 1 saturated carbocycles. The maximum absolute atomic E-state index is 12.9. The molecule has 0 aromatic heterocycles. The molecule has 1 aliphatic heterocycles. The maximum Gasteiger partial charge on any atom is 0.323 e. The number of amides is 1. The third-order valence-electron chi connectivity index (χ3n) is 5.51. The van der Waals surface area contributed by atoms with E-state index in [-0.39, 0.29) is 18.0 Å². The molecule has 0 bridgehead atoms. The van der Waals surface area contributed by atoms with Gasteiger partial charge >= 0.3 is 5.97 Å². The van der Waals surface area contributed by atoms with Crippen molar-refractivity contribution in [1.29, 1.82) is 0 Å². The zero-order valence-corrected chi connectivity index (χ0v) is 21.8. The van der Waals surface area contributed by atoms with Crippen LogP contribution in [0, 0.1) is 0 Å². The number of amidine groups is 1. The van der Waals surface area contributed by atoms with Crippen LogP contribution in [0.1, 0.15) is 57.9 Å². The van der Waals surface area contributed by atoms with Crippen LogP contribution in [0.5, 0.6) is 0 Å². The number of ether oxygens (including phenoxy) is 1. The van der Waals surface area contributed by atoms with E-state index in [2.05, 4.69) is 15.0 Å². The number of hydrogen-bond acceptors (Lipinski definition) is 7. The SMILES string of the molecule is CC(=O)NC1=NC(C)=C(c2ccc(Cl)c(S(=O)NCCCC(N)C(=O)OC3CCCC3)c2)SC1. The van der Waals surface area contributed by atoms with E-state index in [0.29, 0.717) is 40.9 Å². The zero-order chi connectivity index (χ0) is 24.7. The Morgan fingerprint density at radius 1 is 1.35 bits per heavy atom. The quantitative estimate of drug-likeness (QED) is 0.334. The van der Waals surface area contributed by atoms with Gasteiger partial charge in [0.05, 0.1) is 21.4 Å². The lowest BCUT2D eigenvalue weighted by atomic mass is 10.1. The molecule has 1 aromatic carbocycles. The molecule has 0 saturated heterocycles. The number of rotatable bonds is 9. The summed E-state index contributed by atoms with van der Waals surface area (Å²) in [5.41, 5.74) is 7.59. The molecule has 0 spiro atoms. The molecule has 0 radical (unpaired) electrons. The van der Waals surface area contributed by atoms with Gasteiger partial charge in [0.25, 0.3) is 0 Å². The van der Waals surface area contributed by atoms with Crippen molar-refractivity contribution in [3.05, 3.63) is 34.5 Å². The van der Waals surface area contributed by atoms with Gasteiger partial charge in [-0.25, -0.2) is 13.9 Å². The first-order valence-electron chi connectivity index (χ1n) is 11.3. The van der Waals surface area contributed by atoms with Gasteiger partial charge in [0, 0.05) is 18.4 Å². The number of nitrogens with two attached hydrogens (primary N) is 1. The summed E-state index contributed by atoms with van der Waals surface area (Å²) in [6, 6.07) is 4.70. The summed E-state index contributed by atoms with van der Waals surface area (Å²) in [6.07, 6.45) is 5.03. The molecule has 11 heteroatoms. The van der Waals surface area contributed by atoms with Crippen LogP contribution in [0.15, 0.2) is 33.8 Å². The van der Waals surface area contributed by atoms with Gasteiger partial charge < -0.3 is 15.8 Å². The molecule has 186 valence electrons. The number of carbonyl (C=O) groups excluding carboxylic acids is 2. The molecule has 8 nitrogen and oxygen atoms in total. The number of nitrogens with one attached hydrogen (secondary N) is 2. The number of hydrogen-bond donors (Lipinski definition) is 3. The second kappa shape index (κ2) is 12.8. The fourth-order valence-electron chi connectivity index (χ4n) is 3.82. The highest BCUT2D eigenvalue weighted by Gasteiger charge is 2.23. The Labute approximate surface area is 212 Å². The van der Waals surface area contributed by atoms with Crippen molar-refractivity contribution in [2.45, 2.75) is 69.4 Å². The van der Waals surface area contributed by atoms with E-state index in [0.717, 1.165) is 41.8 Å². The first kappa shape index (κ1) is 26.9. The van der Waals surface area contributed by atoms with E-state index in [1.54, 1.807) is 23.9 Å². The molecule has 1 amide bonds. The van der Waals surface area contributed by atoms with Gasteiger partial charge in [-0.2, -0.15) is 0 Å². The van der Waals surface area contributed by atoms with E-state index in [4.69, 9.17) is 22.1 Å². The third-order valence-corrected chi connectivity index (χ3v) is 8.39. The normalized spacial score (nSPS) is 18.4. The van der Waals surface area contributed by atoms with Crippen molar-refractivity contribution < 1.29 is 18.5 Å². The predicted molar refractivity (Wildman–Crippen MR) is 138 cm³/mol. The van der Waals surface area contributed by atoms with E-state index in [1.807, 2.05) is 13.0 Å². The molecule has 2 atom stereocenters. The topological polar surface area (TPSA) is 123 Å². The van der Waals surface area contributed by atoms with Crippen molar-refractivity contribution in [2.75, 3.05) is 12.3 Å². The first-order chi connectivity index (χ1) is 16.2. The minimum atomic E-state index is -1.53. The van der Waals surface area contributed by atoms with Crippen molar-refractivity contribution in [2.24, 2.45) is 10.7 Å². The van der Waals surface area contributed by atoms with Crippen LogP contribution in [-0.2, 0) is 25.3 Å². The Bertz CT molecular complexity index is 1010. The molecule has 3 rings (SSSR count). The molecule has 4 N–H and O–H groups in total. The number of nitrogens with zero attached hydrogens (tertiary/aromatic N) is 1. The van der Waals surface area contributed by atoms with Gasteiger partial charge in [-0.1, -0.05) is 17.7 Å². The maximum atomic E-state index is 12.9. The Hall–Kier alpha value is -1.72. The Balaban J connectivity index is 1.54. The standard InChI is InChI=1S/C23H31ClN4O4S2/c1-14-22(33-13-21(27-14)28-15(2)29)16-9-10-18(24)20(12-16)34(31)26-11-5-8-19(25)23(30)32-17-6-3-4-7-17/h9-10,12,17,19,26H,3-8,11,13,25H2,1-2H3,(H,27,28,29). The van der Waals surface area contributed by atoms with Crippen LogP contribution in [0.3, 0.4) is 0 Å². The fraction of sp³-hybridized carbons (Fsp3) is 0.522. The second-order valence-corrected chi connectivity index (χ2v) is 11.0. The number of benzene rings is 1. The van der Waals surface area contributed by atoms with Gasteiger partial charge in [0.2, 0.25) is 5.91 Å². The summed E-state index contributed by atoms with van der Waals surface area (Å²) in [4.78, 5) is 29.3. The number of thioether (sulfide) groups is 1. The lowest BCUT2D eigenvalue weighted by molar-refractivity contribution is -0.150. The van der Waals surface area contributed by atoms with E-state index >= 15 is 0 Å². The molecule has 1 aliphatic carbocycles. The first-order valence-corrected chi connectivity index (χ1v) is 13.9. The van der Waals surface area contributed by atoms with Crippen LogP contribution in [0.2, 0.25) is 5.02 Å². The van der Waals surface area contributed by atoms with Crippen molar-refractivity contribution in [3.63, 3.8) is 0 Å². The summed E-state index contributed by atoms with van der Waals surface area (Å²) >= 11 is 7.87. The minimum Gasteiger partial charge on any atom is -0.461 e. The average molecular weight is 527 g/mol. The summed E-state index contributed by atoms with van der Waals surface area (Å²) in [5, 5.41) is 3.12. The van der Waals surface area contributed by atoms with Gasteiger partial charge in [-0.15, -0.1) is 11.8 Å². The fourth-order valence-corrected chi connectivity index (χ4v) is 6.07. The second-order valence-electron chi connectivity index (χ2n) is 8.34. The molecule has 34 heavy (non-hydrogen) atoms. The van der Waals surface area contributed by atoms with Crippen LogP contribution in [-0.4, -0.2) is 46.4 Å². The van der Waals surface area contributed by atoms with Crippen LogP contribution < -0.4 is 15.8 Å². The van der Waals surface area contributed by atoms with Crippen LogP contribution >= 0.6 is 23.4 Å². The predicted octanol–water partition coefficient (Wildman–Crippen LogP) is 3.52. The molecule has 2 unspecified atom stereocenters. The van der Waals surface area contributed by atoms with Gasteiger partial charge in [-0.05, 0) is 63.1 Å². The molecule has 1 aromatic rings. The average Bonchev–Trinajstić information content (AvgIpc) is 3.29. The van der Waals surface area contributed by atoms with Crippen molar-refractivity contribution >= 4 is 57.0 Å². The van der Waals surface area contributed by atoms with E-state index < -0.39 is 17.0 Å². The summed E-state index contributed by atoms with van der Waals surface area (Å²) in [5.74, 6) is 0.636. The Kier molecular flexibility index (Phi) is 10.1. The Morgan fingerprint density at radius 3 is 2.76 bits per heavy atom. The summed E-state index contributed by atoms with van der Waals surface area (Å²) in [7, 11) is -1.53. The largest absolute Gasteiger partial charge is 0.461 e. The summed E-state index contributed by atoms with van der Waals surface area (Å²) in [6.45, 7) is 3.73. The highest BCUT2D eigenvalue weighted by Crippen LogP contribution is 2.36. The zero-order valence-electron chi connectivity index (χ0n) is 19.4. The number of carbonyl (C=O) groups is 2. The monoisotopic (exact) mass is 526 g/mol. The van der Waals surface area contributed by atoms with Crippen molar-refractivity contribution in [3.8, 4) is 0 Å². The van der Waals surface area contributed by atoms with E-state index in [1.165, 1.54) is 6.92 Å². The third kappa shape index (κ3) is 7.64. The van der Waals surface area contributed by atoms with Crippen LogP contribution in [0.4, 0.5) is 0 Å².